The summed E-state index contributed by atoms with van der Waals surface area (Å²) in [7, 11) is 0. The molecule has 0 aliphatic heterocycles. The van der Waals surface area contributed by atoms with Crippen LogP contribution in [0.15, 0.2) is 36.7 Å². The van der Waals surface area contributed by atoms with Gasteiger partial charge in [0, 0.05) is 17.8 Å². The molecule has 1 heterocycles. The van der Waals surface area contributed by atoms with Gasteiger partial charge in [0.1, 0.15) is 0 Å². The molecule has 0 fully saturated rings. The van der Waals surface area contributed by atoms with E-state index >= 15 is 0 Å². The van der Waals surface area contributed by atoms with Gasteiger partial charge in [-0.3, -0.25) is 9.78 Å². The summed E-state index contributed by atoms with van der Waals surface area (Å²) in [5, 5.41) is 11.0. The van der Waals surface area contributed by atoms with Crippen LogP contribution in [0.5, 0.6) is 0 Å². The highest BCUT2D eigenvalue weighted by molar-refractivity contribution is 5.85. The van der Waals surface area contributed by atoms with E-state index in [0.29, 0.717) is 6.42 Å². The van der Waals surface area contributed by atoms with Crippen molar-refractivity contribution in [2.24, 2.45) is 5.92 Å². The van der Waals surface area contributed by atoms with Crippen molar-refractivity contribution in [3.05, 3.63) is 42.2 Å². The average molecular weight is 215 g/mol. The number of nitrogens with zero attached hydrogens (tertiary/aromatic N) is 1. The Labute approximate surface area is 93.7 Å². The maximum atomic E-state index is 10.8. The van der Waals surface area contributed by atoms with Crippen LogP contribution in [-0.4, -0.2) is 16.1 Å². The number of hydrogen-bond donors (Lipinski definition) is 1. The summed E-state index contributed by atoms with van der Waals surface area (Å²) in [4.78, 5) is 14.9. The number of aromatic nitrogens is 1. The number of hydrogen-bond acceptors (Lipinski definition) is 2. The summed E-state index contributed by atoms with van der Waals surface area (Å²) in [6, 6.07) is 7.85. The number of fused-ring (bicyclic) bond motifs is 1. The first-order valence-electron chi connectivity index (χ1n) is 5.23. The van der Waals surface area contributed by atoms with Gasteiger partial charge < -0.3 is 5.11 Å². The van der Waals surface area contributed by atoms with Gasteiger partial charge in [-0.05, 0) is 23.4 Å². The lowest BCUT2D eigenvalue weighted by Gasteiger charge is -2.08. The second kappa shape index (κ2) is 4.31. The van der Waals surface area contributed by atoms with Gasteiger partial charge in [-0.25, -0.2) is 0 Å². The van der Waals surface area contributed by atoms with Crippen LogP contribution in [0, 0.1) is 5.92 Å². The predicted octanol–water partition coefficient (Wildman–Crippen LogP) is 2.50. The smallest absolute Gasteiger partial charge is 0.306 e. The number of benzene rings is 1. The molecule has 3 nitrogen and oxygen atoms in total. The van der Waals surface area contributed by atoms with E-state index in [-0.39, 0.29) is 5.92 Å². The van der Waals surface area contributed by atoms with Crippen molar-refractivity contribution < 1.29 is 9.90 Å². The molecule has 3 heteroatoms. The molecule has 0 saturated carbocycles. The van der Waals surface area contributed by atoms with E-state index in [4.69, 9.17) is 5.11 Å². The summed E-state index contributed by atoms with van der Waals surface area (Å²) in [5.41, 5.74) is 1.04. The maximum Gasteiger partial charge on any atom is 0.306 e. The number of carboxylic acids is 1. The summed E-state index contributed by atoms with van der Waals surface area (Å²) in [6.45, 7) is 1.72. The van der Waals surface area contributed by atoms with Crippen molar-refractivity contribution in [2.45, 2.75) is 13.3 Å². The minimum Gasteiger partial charge on any atom is -0.481 e. The first kappa shape index (κ1) is 10.6. The fraction of sp³-hybridized carbons (Fsp3) is 0.231. The monoisotopic (exact) mass is 215 g/mol. The van der Waals surface area contributed by atoms with Gasteiger partial charge in [0.05, 0.1) is 5.92 Å². The molecule has 0 radical (unpaired) electrons. The van der Waals surface area contributed by atoms with Crippen LogP contribution in [0.2, 0.25) is 0 Å². The Morgan fingerprint density at radius 2 is 2.25 bits per heavy atom. The fourth-order valence-electron chi connectivity index (χ4n) is 1.77. The molecule has 16 heavy (non-hydrogen) atoms. The Morgan fingerprint density at radius 1 is 1.44 bits per heavy atom. The minimum absolute atomic E-state index is 0.370. The molecular weight excluding hydrogens is 202 g/mol. The lowest BCUT2D eigenvalue weighted by molar-refractivity contribution is -0.141. The first-order chi connectivity index (χ1) is 7.68. The predicted molar refractivity (Wildman–Crippen MR) is 62.2 cm³/mol. The normalized spacial score (nSPS) is 12.6. The molecule has 1 aromatic heterocycles. The second-order valence-electron chi connectivity index (χ2n) is 3.96. The first-order valence-corrected chi connectivity index (χ1v) is 5.23. The Bertz CT molecular complexity index is 517. The molecule has 1 aromatic carbocycles. The second-order valence-corrected chi connectivity index (χ2v) is 3.96. The Balaban J connectivity index is 2.41. The summed E-state index contributed by atoms with van der Waals surface area (Å²) >= 11 is 0. The fourth-order valence-corrected chi connectivity index (χ4v) is 1.77. The highest BCUT2D eigenvalue weighted by atomic mass is 16.4. The third kappa shape index (κ3) is 2.03. The number of carbonyl (C=O) groups is 1. The van der Waals surface area contributed by atoms with Gasteiger partial charge in [0.15, 0.2) is 0 Å². The van der Waals surface area contributed by atoms with Crippen LogP contribution in [0.4, 0.5) is 0 Å². The van der Waals surface area contributed by atoms with Gasteiger partial charge in [0.2, 0.25) is 0 Å². The third-order valence-electron chi connectivity index (χ3n) is 2.72. The third-order valence-corrected chi connectivity index (χ3v) is 2.72. The number of pyridine rings is 1. The van der Waals surface area contributed by atoms with Crippen molar-refractivity contribution >= 4 is 16.7 Å². The minimum atomic E-state index is -0.763. The zero-order valence-corrected chi connectivity index (χ0v) is 9.05. The molecule has 1 unspecified atom stereocenters. The van der Waals surface area contributed by atoms with Crippen LogP contribution < -0.4 is 0 Å². The molecule has 82 valence electrons. The SMILES string of the molecule is CC(Cc1cccc2ccncc12)C(=O)O. The number of rotatable bonds is 3. The molecule has 0 bridgehead atoms. The summed E-state index contributed by atoms with van der Waals surface area (Å²) in [5.74, 6) is -1.13. The molecule has 0 spiro atoms. The standard InChI is InChI=1S/C13H13NO2/c1-9(13(15)16)7-11-4-2-3-10-5-6-14-8-12(10)11/h2-6,8-9H,7H2,1H3,(H,15,16). The van der Waals surface area contributed by atoms with E-state index in [1.54, 1.807) is 19.3 Å². The van der Waals surface area contributed by atoms with Gasteiger partial charge in [-0.1, -0.05) is 25.1 Å². The van der Waals surface area contributed by atoms with Crippen molar-refractivity contribution in [3.8, 4) is 0 Å². The molecule has 2 aromatic rings. The summed E-state index contributed by atoms with van der Waals surface area (Å²) in [6.07, 6.45) is 4.07. The van der Waals surface area contributed by atoms with Crippen LogP contribution in [0.3, 0.4) is 0 Å². The summed E-state index contributed by atoms with van der Waals surface area (Å²) < 4.78 is 0. The average Bonchev–Trinajstić information content (AvgIpc) is 2.29. The van der Waals surface area contributed by atoms with Crippen LogP contribution in [-0.2, 0) is 11.2 Å². The van der Waals surface area contributed by atoms with E-state index in [9.17, 15) is 4.79 Å². The highest BCUT2D eigenvalue weighted by Crippen LogP contribution is 2.20. The van der Waals surface area contributed by atoms with E-state index < -0.39 is 5.97 Å². The van der Waals surface area contributed by atoms with E-state index in [0.717, 1.165) is 16.3 Å². The van der Waals surface area contributed by atoms with E-state index in [2.05, 4.69) is 4.98 Å². The Hall–Kier alpha value is -1.90. The molecule has 1 atom stereocenters. The molecular formula is C13H13NO2. The highest BCUT2D eigenvalue weighted by Gasteiger charge is 2.12. The van der Waals surface area contributed by atoms with Crippen molar-refractivity contribution in [1.29, 1.82) is 0 Å². The molecule has 1 N–H and O–H groups in total. The largest absolute Gasteiger partial charge is 0.481 e. The molecule has 0 aliphatic carbocycles. The maximum absolute atomic E-state index is 10.8. The topological polar surface area (TPSA) is 50.2 Å². The van der Waals surface area contributed by atoms with Gasteiger partial charge in [-0.15, -0.1) is 0 Å². The molecule has 0 saturated heterocycles. The zero-order chi connectivity index (χ0) is 11.5. The van der Waals surface area contributed by atoms with Crippen molar-refractivity contribution in [1.82, 2.24) is 4.98 Å². The van der Waals surface area contributed by atoms with Crippen molar-refractivity contribution in [3.63, 3.8) is 0 Å². The molecule has 0 aliphatic rings. The van der Waals surface area contributed by atoms with Crippen LogP contribution in [0.25, 0.3) is 10.8 Å². The Morgan fingerprint density at radius 3 is 3.00 bits per heavy atom. The van der Waals surface area contributed by atoms with Crippen LogP contribution >= 0.6 is 0 Å². The van der Waals surface area contributed by atoms with E-state index in [1.807, 2.05) is 24.3 Å². The molecule has 0 amide bonds. The lowest BCUT2D eigenvalue weighted by Crippen LogP contribution is -2.12. The zero-order valence-electron chi connectivity index (χ0n) is 9.05. The quantitative estimate of drug-likeness (QED) is 0.855. The lowest BCUT2D eigenvalue weighted by atomic mass is 9.97. The molecule has 2 rings (SSSR count). The van der Waals surface area contributed by atoms with Crippen molar-refractivity contribution in [2.75, 3.05) is 0 Å². The van der Waals surface area contributed by atoms with Crippen LogP contribution in [0.1, 0.15) is 12.5 Å². The van der Waals surface area contributed by atoms with Gasteiger partial charge in [-0.2, -0.15) is 0 Å². The number of aliphatic carboxylic acids is 1. The Kier molecular flexibility index (Phi) is 2.86. The van der Waals surface area contributed by atoms with Gasteiger partial charge in [0.25, 0.3) is 0 Å². The number of carboxylic acid groups (broad SMARTS) is 1. The van der Waals surface area contributed by atoms with Gasteiger partial charge >= 0.3 is 5.97 Å². The van der Waals surface area contributed by atoms with E-state index in [1.165, 1.54) is 0 Å².